The summed E-state index contributed by atoms with van der Waals surface area (Å²) in [6.45, 7) is 5.85. The van der Waals surface area contributed by atoms with Gasteiger partial charge in [0, 0.05) is 35.4 Å². The van der Waals surface area contributed by atoms with Crippen molar-refractivity contribution in [3.05, 3.63) is 52.0 Å². The predicted octanol–water partition coefficient (Wildman–Crippen LogP) is 3.19. The number of aliphatic hydroxyl groups excluding tert-OH is 1. The number of anilines is 2. The maximum Gasteiger partial charge on any atom is 0.262 e. The molecule has 1 heterocycles. The van der Waals surface area contributed by atoms with Crippen molar-refractivity contribution < 1.29 is 24.2 Å². The van der Waals surface area contributed by atoms with Crippen molar-refractivity contribution in [2.75, 3.05) is 29.9 Å². The van der Waals surface area contributed by atoms with E-state index in [-0.39, 0.29) is 43.8 Å². The molecule has 3 rings (SSSR count). The van der Waals surface area contributed by atoms with Crippen molar-refractivity contribution in [3.8, 4) is 5.75 Å². The number of nitrogens with zero attached hydrogens (tertiary/aromatic N) is 1. The van der Waals surface area contributed by atoms with Crippen molar-refractivity contribution in [2.24, 2.45) is 5.92 Å². The Hall–Kier alpha value is -2.91. The predicted molar refractivity (Wildman–Crippen MR) is 134 cm³/mol. The molecule has 1 aliphatic rings. The van der Waals surface area contributed by atoms with Crippen LogP contribution in [0.2, 0.25) is 0 Å². The van der Waals surface area contributed by atoms with E-state index in [9.17, 15) is 19.5 Å². The number of amides is 3. The lowest BCUT2D eigenvalue weighted by molar-refractivity contribution is -0.126. The minimum Gasteiger partial charge on any atom is -0.484 e. The number of benzene rings is 2. The SMILES string of the molecule is CCc1cc(Br)cc(C)c1NC(=O)COc1ccc(N2C[C@H](C(=O)NC[C@H](C)O)CC2=O)cc1. The van der Waals surface area contributed by atoms with Gasteiger partial charge in [0.05, 0.1) is 12.0 Å². The van der Waals surface area contributed by atoms with E-state index in [0.29, 0.717) is 11.4 Å². The average Bonchev–Trinajstić information content (AvgIpc) is 3.19. The van der Waals surface area contributed by atoms with Crippen LogP contribution in [0.3, 0.4) is 0 Å². The zero-order valence-electron chi connectivity index (χ0n) is 19.6. The zero-order chi connectivity index (χ0) is 24.8. The Kier molecular flexibility index (Phi) is 8.68. The number of hydrogen-bond acceptors (Lipinski definition) is 5. The summed E-state index contributed by atoms with van der Waals surface area (Å²) in [4.78, 5) is 38.6. The number of carbonyl (C=O) groups excluding carboxylic acids is 3. The molecular formula is C25H30BrN3O5. The van der Waals surface area contributed by atoms with Gasteiger partial charge in [0.25, 0.3) is 5.91 Å². The first kappa shape index (κ1) is 25.7. The van der Waals surface area contributed by atoms with E-state index in [2.05, 4.69) is 26.6 Å². The highest BCUT2D eigenvalue weighted by Crippen LogP contribution is 2.28. The lowest BCUT2D eigenvalue weighted by atomic mass is 10.1. The molecule has 1 saturated heterocycles. The molecule has 1 aliphatic heterocycles. The molecule has 0 radical (unpaired) electrons. The van der Waals surface area contributed by atoms with Crippen molar-refractivity contribution >= 4 is 45.0 Å². The van der Waals surface area contributed by atoms with Gasteiger partial charge in [-0.25, -0.2) is 0 Å². The van der Waals surface area contributed by atoms with Crippen LogP contribution in [0.4, 0.5) is 11.4 Å². The molecule has 0 aliphatic carbocycles. The largest absolute Gasteiger partial charge is 0.484 e. The van der Waals surface area contributed by atoms with Crippen LogP contribution < -0.4 is 20.3 Å². The van der Waals surface area contributed by atoms with Crippen LogP contribution in [-0.4, -0.2) is 48.6 Å². The van der Waals surface area contributed by atoms with E-state index in [1.165, 1.54) is 0 Å². The third-order valence-electron chi connectivity index (χ3n) is 5.61. The van der Waals surface area contributed by atoms with Crippen LogP contribution >= 0.6 is 15.9 Å². The van der Waals surface area contributed by atoms with Crippen molar-refractivity contribution in [2.45, 2.75) is 39.7 Å². The van der Waals surface area contributed by atoms with Gasteiger partial charge in [-0.3, -0.25) is 14.4 Å². The summed E-state index contributed by atoms with van der Waals surface area (Å²) in [7, 11) is 0. The summed E-state index contributed by atoms with van der Waals surface area (Å²) < 4.78 is 6.59. The molecule has 2 aromatic carbocycles. The molecule has 2 atom stereocenters. The molecule has 0 spiro atoms. The Balaban J connectivity index is 1.55. The summed E-state index contributed by atoms with van der Waals surface area (Å²) in [5, 5.41) is 14.9. The van der Waals surface area contributed by atoms with Crippen molar-refractivity contribution in [1.82, 2.24) is 5.32 Å². The second-order valence-electron chi connectivity index (χ2n) is 8.44. The van der Waals surface area contributed by atoms with Gasteiger partial charge in [-0.1, -0.05) is 22.9 Å². The van der Waals surface area contributed by atoms with Crippen molar-refractivity contribution in [3.63, 3.8) is 0 Å². The summed E-state index contributed by atoms with van der Waals surface area (Å²) in [5.74, 6) is -0.595. The van der Waals surface area contributed by atoms with Gasteiger partial charge in [0.15, 0.2) is 6.61 Å². The smallest absolute Gasteiger partial charge is 0.262 e. The number of aliphatic hydroxyl groups is 1. The molecule has 9 heteroatoms. The fourth-order valence-electron chi connectivity index (χ4n) is 3.84. The van der Waals surface area contributed by atoms with Crippen LogP contribution in [0.25, 0.3) is 0 Å². The van der Waals surface area contributed by atoms with E-state index in [1.54, 1.807) is 36.1 Å². The van der Waals surface area contributed by atoms with Crippen LogP contribution in [0.15, 0.2) is 40.9 Å². The topological polar surface area (TPSA) is 108 Å². The molecule has 34 heavy (non-hydrogen) atoms. The van der Waals surface area contributed by atoms with Gasteiger partial charge in [-0.15, -0.1) is 0 Å². The molecule has 0 aromatic heterocycles. The number of hydrogen-bond donors (Lipinski definition) is 3. The molecule has 0 bridgehead atoms. The molecule has 182 valence electrons. The van der Waals surface area contributed by atoms with E-state index < -0.39 is 12.0 Å². The molecule has 3 amide bonds. The van der Waals surface area contributed by atoms with E-state index in [4.69, 9.17) is 4.74 Å². The van der Waals surface area contributed by atoms with Crippen molar-refractivity contribution in [1.29, 1.82) is 0 Å². The second kappa shape index (κ2) is 11.5. The Bertz CT molecular complexity index is 1060. The Morgan fingerprint density at radius 3 is 2.62 bits per heavy atom. The van der Waals surface area contributed by atoms with Crippen LogP contribution in [0.1, 0.15) is 31.4 Å². The summed E-state index contributed by atoms with van der Waals surface area (Å²) >= 11 is 3.48. The normalized spacial score (nSPS) is 16.3. The van der Waals surface area contributed by atoms with Crippen LogP contribution in [-0.2, 0) is 20.8 Å². The Labute approximate surface area is 207 Å². The lowest BCUT2D eigenvalue weighted by Crippen LogP contribution is -2.36. The van der Waals surface area contributed by atoms with Gasteiger partial charge >= 0.3 is 0 Å². The quantitative estimate of drug-likeness (QED) is 0.460. The lowest BCUT2D eigenvalue weighted by Gasteiger charge is -2.18. The molecule has 0 unspecified atom stereocenters. The minimum absolute atomic E-state index is 0.124. The van der Waals surface area contributed by atoms with E-state index in [1.807, 2.05) is 26.0 Å². The van der Waals surface area contributed by atoms with Gasteiger partial charge < -0.3 is 25.4 Å². The highest BCUT2D eigenvalue weighted by atomic mass is 79.9. The first-order valence-corrected chi connectivity index (χ1v) is 12.0. The van der Waals surface area contributed by atoms with Crippen LogP contribution in [0, 0.1) is 12.8 Å². The van der Waals surface area contributed by atoms with Crippen LogP contribution in [0.5, 0.6) is 5.75 Å². The van der Waals surface area contributed by atoms with E-state index in [0.717, 1.165) is 27.7 Å². The number of carbonyl (C=O) groups is 3. The highest BCUT2D eigenvalue weighted by Gasteiger charge is 2.35. The second-order valence-corrected chi connectivity index (χ2v) is 9.36. The number of aryl methyl sites for hydroxylation is 2. The summed E-state index contributed by atoms with van der Waals surface area (Å²) in [5.41, 5.74) is 3.47. The third kappa shape index (κ3) is 6.57. The average molecular weight is 532 g/mol. The number of ether oxygens (including phenoxy) is 1. The first-order valence-electron chi connectivity index (χ1n) is 11.3. The van der Waals surface area contributed by atoms with Gasteiger partial charge in [0.1, 0.15) is 5.75 Å². The maximum absolute atomic E-state index is 12.5. The fourth-order valence-corrected chi connectivity index (χ4v) is 4.46. The fraction of sp³-hybridized carbons (Fsp3) is 0.400. The number of rotatable bonds is 9. The Morgan fingerprint density at radius 1 is 1.26 bits per heavy atom. The third-order valence-corrected chi connectivity index (χ3v) is 6.07. The molecule has 1 fully saturated rings. The monoisotopic (exact) mass is 531 g/mol. The number of nitrogens with one attached hydrogen (secondary N) is 2. The van der Waals surface area contributed by atoms with Gasteiger partial charge in [-0.2, -0.15) is 0 Å². The van der Waals surface area contributed by atoms with E-state index >= 15 is 0 Å². The first-order chi connectivity index (χ1) is 16.2. The summed E-state index contributed by atoms with van der Waals surface area (Å²) in [6, 6.07) is 10.8. The molecule has 0 saturated carbocycles. The molecular weight excluding hydrogens is 502 g/mol. The van der Waals surface area contributed by atoms with Gasteiger partial charge in [-0.05, 0) is 67.8 Å². The molecule has 8 nitrogen and oxygen atoms in total. The maximum atomic E-state index is 12.5. The molecule has 3 N–H and O–H groups in total. The minimum atomic E-state index is -0.639. The van der Waals surface area contributed by atoms with Gasteiger partial charge in [0.2, 0.25) is 11.8 Å². The molecule has 2 aromatic rings. The Morgan fingerprint density at radius 2 is 1.97 bits per heavy atom. The zero-order valence-corrected chi connectivity index (χ0v) is 21.1. The number of halogens is 1. The standard InChI is InChI=1S/C25H30BrN3O5/c1-4-17-10-19(26)9-15(2)24(17)28-22(31)14-34-21-7-5-20(6-8-21)29-13-18(11-23(29)32)25(33)27-12-16(3)30/h5-10,16,18,30H,4,11-14H2,1-3H3,(H,27,33)(H,28,31)/t16-,18+/m0/s1. The highest BCUT2D eigenvalue weighted by molar-refractivity contribution is 9.10. The summed E-state index contributed by atoms with van der Waals surface area (Å²) in [6.07, 6.45) is 0.273.